The number of carbonyl (C=O) groups excluding carboxylic acids is 1. The third kappa shape index (κ3) is 6.58. The zero-order valence-electron chi connectivity index (χ0n) is 16.1. The van der Waals surface area contributed by atoms with Gasteiger partial charge in [-0.2, -0.15) is 0 Å². The van der Waals surface area contributed by atoms with Crippen LogP contribution < -0.4 is 10.6 Å². The van der Waals surface area contributed by atoms with E-state index in [-0.39, 0.29) is 19.7 Å². The van der Waals surface area contributed by atoms with Gasteiger partial charge in [0.05, 0.1) is 19.3 Å². The number of carbonyl (C=O) groups is 1. The summed E-state index contributed by atoms with van der Waals surface area (Å²) in [6, 6.07) is 7.34. The molecule has 0 saturated carbocycles. The Hall–Kier alpha value is -2.58. The Morgan fingerprint density at radius 3 is 2.56 bits per heavy atom. The zero-order chi connectivity index (χ0) is 20.0. The van der Waals surface area contributed by atoms with Crippen LogP contribution in [0.5, 0.6) is 0 Å². The molecule has 0 bridgehead atoms. The maximum absolute atomic E-state index is 11.8. The Kier molecular flexibility index (Phi) is 6.81. The largest absolute Gasteiger partial charge is 0.444 e. The van der Waals surface area contributed by atoms with E-state index in [1.165, 1.54) is 0 Å². The molecule has 0 saturated heterocycles. The standard InChI is InChI=1S/C19H27N3O5/c1-12-16(10-21-18(25)27-19(2,3)4)22-17(26-12)13-5-7-14(8-6-13)20-9-15(24)11-23/h5-8,15,20,23-24H,9-11H2,1-4H3,(H,21,25). The monoisotopic (exact) mass is 377 g/mol. The summed E-state index contributed by atoms with van der Waals surface area (Å²) >= 11 is 0. The smallest absolute Gasteiger partial charge is 0.407 e. The van der Waals surface area contributed by atoms with Crippen molar-refractivity contribution in [2.24, 2.45) is 0 Å². The van der Waals surface area contributed by atoms with Gasteiger partial charge in [-0.3, -0.25) is 0 Å². The van der Waals surface area contributed by atoms with E-state index < -0.39 is 17.8 Å². The average Bonchev–Trinajstić information content (AvgIpc) is 2.97. The first-order valence-corrected chi connectivity index (χ1v) is 8.74. The zero-order valence-corrected chi connectivity index (χ0v) is 16.1. The van der Waals surface area contributed by atoms with Gasteiger partial charge in [0.1, 0.15) is 17.1 Å². The fraction of sp³-hybridized carbons (Fsp3) is 0.474. The first-order valence-electron chi connectivity index (χ1n) is 8.74. The lowest BCUT2D eigenvalue weighted by Gasteiger charge is -2.19. The minimum Gasteiger partial charge on any atom is -0.444 e. The van der Waals surface area contributed by atoms with E-state index in [0.717, 1.165) is 11.3 Å². The van der Waals surface area contributed by atoms with Crippen molar-refractivity contribution in [1.82, 2.24) is 10.3 Å². The molecule has 27 heavy (non-hydrogen) atoms. The lowest BCUT2D eigenvalue weighted by Crippen LogP contribution is -2.32. The number of rotatable bonds is 7. The van der Waals surface area contributed by atoms with Gasteiger partial charge in [-0.05, 0) is 52.0 Å². The number of aromatic nitrogens is 1. The molecule has 0 fully saturated rings. The summed E-state index contributed by atoms with van der Waals surface area (Å²) in [6.45, 7) is 7.37. The summed E-state index contributed by atoms with van der Waals surface area (Å²) in [5, 5.41) is 23.9. The van der Waals surface area contributed by atoms with Crippen molar-refractivity contribution in [3.05, 3.63) is 35.7 Å². The molecule has 1 unspecified atom stereocenters. The average molecular weight is 377 g/mol. The number of oxazole rings is 1. The molecule has 8 heteroatoms. The van der Waals surface area contributed by atoms with Crippen molar-refractivity contribution >= 4 is 11.8 Å². The molecular weight excluding hydrogens is 350 g/mol. The van der Waals surface area contributed by atoms with Gasteiger partial charge in [-0.25, -0.2) is 9.78 Å². The molecule has 1 amide bonds. The van der Waals surface area contributed by atoms with Crippen LogP contribution in [0.2, 0.25) is 0 Å². The van der Waals surface area contributed by atoms with Crippen LogP contribution in [0.1, 0.15) is 32.2 Å². The number of nitrogens with zero attached hydrogens (tertiary/aromatic N) is 1. The van der Waals surface area contributed by atoms with E-state index in [1.807, 2.05) is 24.3 Å². The van der Waals surface area contributed by atoms with E-state index in [9.17, 15) is 9.90 Å². The van der Waals surface area contributed by atoms with E-state index in [4.69, 9.17) is 14.3 Å². The molecule has 1 aromatic carbocycles. The Morgan fingerprint density at radius 1 is 1.30 bits per heavy atom. The van der Waals surface area contributed by atoms with Crippen LogP contribution >= 0.6 is 0 Å². The number of hydrogen-bond donors (Lipinski definition) is 4. The predicted octanol–water partition coefficient (Wildman–Crippen LogP) is 2.44. The Balaban J connectivity index is 1.98. The predicted molar refractivity (Wildman–Crippen MR) is 101 cm³/mol. The van der Waals surface area contributed by atoms with Crippen molar-refractivity contribution in [2.45, 2.75) is 45.9 Å². The molecule has 0 aliphatic rings. The van der Waals surface area contributed by atoms with Gasteiger partial charge < -0.3 is 30.0 Å². The topological polar surface area (TPSA) is 117 Å². The molecule has 8 nitrogen and oxygen atoms in total. The van der Waals surface area contributed by atoms with Gasteiger partial charge in [-0.1, -0.05) is 0 Å². The molecular formula is C19H27N3O5. The second-order valence-corrected chi connectivity index (χ2v) is 7.17. The minimum absolute atomic E-state index is 0.211. The molecule has 148 valence electrons. The maximum Gasteiger partial charge on any atom is 0.407 e. The molecule has 0 spiro atoms. The van der Waals surface area contributed by atoms with Crippen LogP contribution in [0.25, 0.3) is 11.5 Å². The number of amides is 1. The lowest BCUT2D eigenvalue weighted by molar-refractivity contribution is 0.0523. The van der Waals surface area contributed by atoms with E-state index in [0.29, 0.717) is 17.3 Å². The van der Waals surface area contributed by atoms with Crippen molar-refractivity contribution < 1.29 is 24.2 Å². The van der Waals surface area contributed by atoms with Crippen LogP contribution in [-0.2, 0) is 11.3 Å². The van der Waals surface area contributed by atoms with E-state index in [2.05, 4.69) is 15.6 Å². The van der Waals surface area contributed by atoms with Crippen molar-refractivity contribution in [3.63, 3.8) is 0 Å². The number of ether oxygens (including phenoxy) is 1. The Labute approximate surface area is 158 Å². The number of anilines is 1. The van der Waals surface area contributed by atoms with Gasteiger partial charge in [0, 0.05) is 17.8 Å². The van der Waals surface area contributed by atoms with Crippen LogP contribution in [0.15, 0.2) is 28.7 Å². The first kappa shape index (κ1) is 20.7. The van der Waals surface area contributed by atoms with Crippen molar-refractivity contribution in [1.29, 1.82) is 0 Å². The second-order valence-electron chi connectivity index (χ2n) is 7.17. The van der Waals surface area contributed by atoms with E-state index >= 15 is 0 Å². The van der Waals surface area contributed by atoms with Crippen molar-refractivity contribution in [3.8, 4) is 11.5 Å². The molecule has 0 aliphatic carbocycles. The van der Waals surface area contributed by atoms with Gasteiger partial charge in [0.2, 0.25) is 5.89 Å². The summed E-state index contributed by atoms with van der Waals surface area (Å²) in [5.41, 5.74) is 1.66. The molecule has 2 rings (SSSR count). The molecule has 1 aromatic heterocycles. The van der Waals surface area contributed by atoms with Gasteiger partial charge in [-0.15, -0.1) is 0 Å². The highest BCUT2D eigenvalue weighted by molar-refractivity contribution is 5.67. The fourth-order valence-electron chi connectivity index (χ4n) is 2.22. The number of aryl methyl sites for hydroxylation is 1. The molecule has 1 atom stereocenters. The third-order valence-corrected chi connectivity index (χ3v) is 3.58. The number of alkyl carbamates (subject to hydrolysis) is 1. The molecule has 4 N–H and O–H groups in total. The SMILES string of the molecule is Cc1oc(-c2ccc(NCC(O)CO)cc2)nc1CNC(=O)OC(C)(C)C. The fourth-order valence-corrected chi connectivity index (χ4v) is 2.22. The van der Waals surface area contributed by atoms with Crippen molar-refractivity contribution in [2.75, 3.05) is 18.5 Å². The number of aliphatic hydroxyl groups is 2. The molecule has 1 heterocycles. The maximum atomic E-state index is 11.8. The summed E-state index contributed by atoms with van der Waals surface area (Å²) in [4.78, 5) is 16.2. The minimum atomic E-state index is -0.806. The normalized spacial score (nSPS) is 12.5. The first-order chi connectivity index (χ1) is 12.7. The highest BCUT2D eigenvalue weighted by Gasteiger charge is 2.17. The Bertz CT molecular complexity index is 750. The summed E-state index contributed by atoms with van der Waals surface area (Å²) in [6.07, 6.45) is -1.31. The summed E-state index contributed by atoms with van der Waals surface area (Å²) in [7, 11) is 0. The van der Waals surface area contributed by atoms with Crippen LogP contribution in [0, 0.1) is 6.92 Å². The summed E-state index contributed by atoms with van der Waals surface area (Å²) < 4.78 is 10.9. The Morgan fingerprint density at radius 2 is 1.96 bits per heavy atom. The van der Waals surface area contributed by atoms with Gasteiger partial charge >= 0.3 is 6.09 Å². The van der Waals surface area contributed by atoms with Crippen LogP contribution in [-0.4, -0.2) is 46.1 Å². The third-order valence-electron chi connectivity index (χ3n) is 3.58. The quantitative estimate of drug-likeness (QED) is 0.585. The van der Waals surface area contributed by atoms with Crippen LogP contribution in [0.4, 0.5) is 10.5 Å². The van der Waals surface area contributed by atoms with Gasteiger partial charge in [0.25, 0.3) is 0 Å². The van der Waals surface area contributed by atoms with E-state index in [1.54, 1.807) is 27.7 Å². The molecule has 2 aromatic rings. The van der Waals surface area contributed by atoms with Crippen LogP contribution in [0.3, 0.4) is 0 Å². The highest BCUT2D eigenvalue weighted by Crippen LogP contribution is 2.23. The second kappa shape index (κ2) is 8.88. The molecule has 0 aliphatic heterocycles. The number of benzene rings is 1. The van der Waals surface area contributed by atoms with Gasteiger partial charge in [0.15, 0.2) is 0 Å². The highest BCUT2D eigenvalue weighted by atomic mass is 16.6. The number of aliphatic hydroxyl groups excluding tert-OH is 2. The molecule has 0 radical (unpaired) electrons. The number of nitrogens with one attached hydrogen (secondary N) is 2. The lowest BCUT2D eigenvalue weighted by atomic mass is 10.2. The number of hydrogen-bond acceptors (Lipinski definition) is 7. The summed E-state index contributed by atoms with van der Waals surface area (Å²) in [5.74, 6) is 1.07.